The molecule has 0 aliphatic heterocycles. The highest BCUT2D eigenvalue weighted by Crippen LogP contribution is 2.31. The van der Waals surface area contributed by atoms with Gasteiger partial charge < -0.3 is 10.1 Å². The Bertz CT molecular complexity index is 1180. The molecule has 1 N–H and O–H groups in total. The van der Waals surface area contributed by atoms with Gasteiger partial charge in [0.2, 0.25) is 0 Å². The zero-order chi connectivity index (χ0) is 22.3. The number of rotatable bonds is 9. The summed E-state index contributed by atoms with van der Waals surface area (Å²) < 4.78 is 29.4. The van der Waals surface area contributed by atoms with Crippen LogP contribution in [0.2, 0.25) is 5.02 Å². The van der Waals surface area contributed by atoms with Crippen LogP contribution in [-0.2, 0) is 12.8 Å². The van der Waals surface area contributed by atoms with Gasteiger partial charge in [-0.15, -0.1) is 12.4 Å². The summed E-state index contributed by atoms with van der Waals surface area (Å²) in [4.78, 5) is 0. The van der Waals surface area contributed by atoms with Gasteiger partial charge >= 0.3 is 6.61 Å². The standard InChI is InChI=1S/C27H24ClF2NO.ClH/c28-23-6-3-4-19(17-23)12-14-31-15-13-20-16-22-5-1-2-7-25(22)26(18-20)21-8-10-24(11-9-21)32-27(29)30;/h1-11,16-18,27,31H,12-15H2;1H. The predicted octanol–water partition coefficient (Wildman–Crippen LogP) is 7.56. The van der Waals surface area contributed by atoms with E-state index in [1.54, 1.807) is 12.1 Å². The van der Waals surface area contributed by atoms with Gasteiger partial charge in [-0.05, 0) is 83.2 Å². The summed E-state index contributed by atoms with van der Waals surface area (Å²) in [6.07, 6.45) is 1.82. The van der Waals surface area contributed by atoms with Gasteiger partial charge in [-0.1, -0.05) is 72.3 Å². The molecule has 0 amide bonds. The maximum Gasteiger partial charge on any atom is 0.387 e. The van der Waals surface area contributed by atoms with Gasteiger partial charge in [-0.2, -0.15) is 8.78 Å². The third-order valence-corrected chi connectivity index (χ3v) is 5.62. The molecule has 0 atom stereocenters. The summed E-state index contributed by atoms with van der Waals surface area (Å²) in [5.41, 5.74) is 4.50. The van der Waals surface area contributed by atoms with E-state index in [1.807, 2.05) is 42.5 Å². The predicted molar refractivity (Wildman–Crippen MR) is 135 cm³/mol. The van der Waals surface area contributed by atoms with E-state index >= 15 is 0 Å². The van der Waals surface area contributed by atoms with Gasteiger partial charge in [0.15, 0.2) is 0 Å². The van der Waals surface area contributed by atoms with Crippen LogP contribution in [0.4, 0.5) is 8.78 Å². The van der Waals surface area contributed by atoms with Crippen molar-refractivity contribution in [1.29, 1.82) is 0 Å². The molecule has 0 heterocycles. The van der Waals surface area contributed by atoms with E-state index < -0.39 is 6.61 Å². The Morgan fingerprint density at radius 1 is 0.788 bits per heavy atom. The fraction of sp³-hybridized carbons (Fsp3) is 0.185. The fourth-order valence-corrected chi connectivity index (χ4v) is 4.07. The SMILES string of the molecule is Cl.FC(F)Oc1ccc(-c2cc(CCNCCc3cccc(Cl)c3)cc3ccccc23)cc1. The Kier molecular flexibility index (Phi) is 9.07. The molecule has 0 spiro atoms. The first-order valence-electron chi connectivity index (χ1n) is 10.6. The summed E-state index contributed by atoms with van der Waals surface area (Å²) in [5, 5.41) is 6.56. The molecule has 0 bridgehead atoms. The molecule has 172 valence electrons. The van der Waals surface area contributed by atoms with Crippen LogP contribution in [0.15, 0.2) is 84.9 Å². The van der Waals surface area contributed by atoms with E-state index in [1.165, 1.54) is 11.1 Å². The number of hydrogen-bond donors (Lipinski definition) is 1. The zero-order valence-corrected chi connectivity index (χ0v) is 19.5. The lowest BCUT2D eigenvalue weighted by Crippen LogP contribution is -2.20. The molecule has 0 aliphatic carbocycles. The topological polar surface area (TPSA) is 21.3 Å². The van der Waals surface area contributed by atoms with Gasteiger partial charge in [0.1, 0.15) is 5.75 Å². The van der Waals surface area contributed by atoms with Crippen LogP contribution < -0.4 is 10.1 Å². The smallest absolute Gasteiger partial charge is 0.387 e. The normalized spacial score (nSPS) is 10.9. The largest absolute Gasteiger partial charge is 0.435 e. The molecule has 0 saturated carbocycles. The molecule has 6 heteroatoms. The molecule has 4 aromatic carbocycles. The first kappa shape index (κ1) is 25.0. The van der Waals surface area contributed by atoms with Crippen molar-refractivity contribution in [2.75, 3.05) is 13.1 Å². The van der Waals surface area contributed by atoms with Crippen molar-refractivity contribution in [3.8, 4) is 16.9 Å². The van der Waals surface area contributed by atoms with E-state index in [0.29, 0.717) is 0 Å². The van der Waals surface area contributed by atoms with Gasteiger partial charge in [0, 0.05) is 5.02 Å². The highest BCUT2D eigenvalue weighted by molar-refractivity contribution is 6.30. The second-order valence-corrected chi connectivity index (χ2v) is 8.08. The van der Waals surface area contributed by atoms with E-state index in [2.05, 4.69) is 40.4 Å². The number of fused-ring (bicyclic) bond motifs is 1. The molecule has 4 aromatic rings. The molecule has 0 fully saturated rings. The Labute approximate surface area is 204 Å². The average molecular weight is 488 g/mol. The van der Waals surface area contributed by atoms with Crippen molar-refractivity contribution in [2.24, 2.45) is 0 Å². The van der Waals surface area contributed by atoms with Gasteiger partial charge in [0.05, 0.1) is 0 Å². The monoisotopic (exact) mass is 487 g/mol. The summed E-state index contributed by atoms with van der Waals surface area (Å²) in [5.74, 6) is 0.160. The van der Waals surface area contributed by atoms with Crippen LogP contribution in [0.1, 0.15) is 11.1 Å². The maximum atomic E-state index is 12.5. The van der Waals surface area contributed by atoms with Gasteiger partial charge in [-0.25, -0.2) is 0 Å². The molecule has 33 heavy (non-hydrogen) atoms. The summed E-state index contributed by atoms with van der Waals surface area (Å²) in [7, 11) is 0. The summed E-state index contributed by atoms with van der Waals surface area (Å²) in [6.45, 7) is -1.08. The highest BCUT2D eigenvalue weighted by Gasteiger charge is 2.09. The molecule has 0 unspecified atom stereocenters. The minimum absolute atomic E-state index is 0. The second-order valence-electron chi connectivity index (χ2n) is 7.65. The quantitative estimate of drug-likeness (QED) is 0.246. The fourth-order valence-electron chi connectivity index (χ4n) is 3.85. The second kappa shape index (κ2) is 12.0. The molecule has 0 aromatic heterocycles. The Hall–Kier alpha value is -2.66. The van der Waals surface area contributed by atoms with Crippen molar-refractivity contribution in [2.45, 2.75) is 19.5 Å². The molecule has 4 rings (SSSR count). The highest BCUT2D eigenvalue weighted by atomic mass is 35.5. The van der Waals surface area contributed by atoms with Gasteiger partial charge in [0.25, 0.3) is 0 Å². The third-order valence-electron chi connectivity index (χ3n) is 5.38. The van der Waals surface area contributed by atoms with Crippen LogP contribution in [0.25, 0.3) is 21.9 Å². The number of alkyl halides is 2. The minimum Gasteiger partial charge on any atom is -0.435 e. The molecule has 0 saturated heterocycles. The van der Waals surface area contributed by atoms with Crippen molar-refractivity contribution in [3.63, 3.8) is 0 Å². The molecule has 2 nitrogen and oxygen atoms in total. The summed E-state index contributed by atoms with van der Waals surface area (Å²) in [6, 6.07) is 27.4. The third kappa shape index (κ3) is 6.91. The molecule has 0 radical (unpaired) electrons. The average Bonchev–Trinajstić information content (AvgIpc) is 2.78. The van der Waals surface area contributed by atoms with E-state index in [4.69, 9.17) is 11.6 Å². The lowest BCUT2D eigenvalue weighted by Gasteiger charge is -2.12. The van der Waals surface area contributed by atoms with Crippen molar-refractivity contribution in [3.05, 3.63) is 101 Å². The van der Waals surface area contributed by atoms with Crippen LogP contribution in [0, 0.1) is 0 Å². The van der Waals surface area contributed by atoms with Crippen molar-refractivity contribution >= 4 is 34.8 Å². The number of hydrogen-bond acceptors (Lipinski definition) is 2. The van der Waals surface area contributed by atoms with Gasteiger partial charge in [-0.3, -0.25) is 0 Å². The Morgan fingerprint density at radius 2 is 1.52 bits per heavy atom. The number of halogens is 4. The first-order chi connectivity index (χ1) is 15.6. The molecular formula is C27H25Cl2F2NO. The zero-order valence-electron chi connectivity index (χ0n) is 17.9. The van der Waals surface area contributed by atoms with Crippen LogP contribution >= 0.6 is 24.0 Å². The lowest BCUT2D eigenvalue weighted by atomic mass is 9.94. The van der Waals surface area contributed by atoms with E-state index in [0.717, 1.165) is 52.9 Å². The van der Waals surface area contributed by atoms with Crippen molar-refractivity contribution < 1.29 is 13.5 Å². The Balaban J connectivity index is 0.00000306. The number of ether oxygens (including phenoxy) is 1. The number of benzene rings is 4. The molecule has 0 aliphatic rings. The van der Waals surface area contributed by atoms with Crippen LogP contribution in [0.5, 0.6) is 5.75 Å². The van der Waals surface area contributed by atoms with Crippen LogP contribution in [-0.4, -0.2) is 19.7 Å². The lowest BCUT2D eigenvalue weighted by molar-refractivity contribution is -0.0498. The maximum absolute atomic E-state index is 12.5. The van der Waals surface area contributed by atoms with E-state index in [-0.39, 0.29) is 18.2 Å². The molecular weight excluding hydrogens is 463 g/mol. The van der Waals surface area contributed by atoms with Crippen molar-refractivity contribution in [1.82, 2.24) is 5.32 Å². The number of nitrogens with one attached hydrogen (secondary N) is 1. The minimum atomic E-state index is -2.82. The first-order valence-corrected chi connectivity index (χ1v) is 11.0. The Morgan fingerprint density at radius 3 is 2.24 bits per heavy atom. The summed E-state index contributed by atoms with van der Waals surface area (Å²) >= 11 is 6.05. The van der Waals surface area contributed by atoms with Crippen LogP contribution in [0.3, 0.4) is 0 Å². The van der Waals surface area contributed by atoms with E-state index in [9.17, 15) is 8.78 Å².